The van der Waals surface area contributed by atoms with Crippen molar-refractivity contribution in [3.8, 4) is 23.1 Å². The number of aromatic nitrogens is 1. The van der Waals surface area contributed by atoms with E-state index in [1.165, 1.54) is 0 Å². The van der Waals surface area contributed by atoms with Gasteiger partial charge in [-0.3, -0.25) is 0 Å². The lowest BCUT2D eigenvalue weighted by molar-refractivity contribution is 0.270. The Morgan fingerprint density at radius 3 is 2.42 bits per heavy atom. The number of hydrogen-bond acceptors (Lipinski definition) is 4. The van der Waals surface area contributed by atoms with Gasteiger partial charge in [0.2, 0.25) is 5.88 Å². The minimum absolute atomic E-state index is 0.102. The van der Waals surface area contributed by atoms with Crippen molar-refractivity contribution >= 4 is 19.9 Å². The number of hydrogen-bond donors (Lipinski definition) is 0. The summed E-state index contributed by atoms with van der Waals surface area (Å²) in [6.07, 6.45) is 0. The molecule has 1 aromatic carbocycles. The van der Waals surface area contributed by atoms with Crippen molar-refractivity contribution in [1.82, 2.24) is 4.98 Å². The number of benzene rings is 1. The Kier molecular flexibility index (Phi) is 6.12. The maximum absolute atomic E-state index is 9.20. The van der Waals surface area contributed by atoms with Crippen LogP contribution in [-0.4, -0.2) is 20.4 Å². The maximum Gasteiger partial charge on any atom is 0.213 e. The van der Waals surface area contributed by atoms with E-state index in [0.29, 0.717) is 23.1 Å². The van der Waals surface area contributed by atoms with Crippen LogP contribution < -0.4 is 4.74 Å². The molecule has 0 fully saturated rings. The van der Waals surface area contributed by atoms with Crippen molar-refractivity contribution in [2.75, 3.05) is 7.11 Å². The lowest BCUT2D eigenvalue weighted by Gasteiger charge is -2.36. The highest BCUT2D eigenvalue weighted by Crippen LogP contribution is 2.38. The third-order valence-corrected chi connectivity index (χ3v) is 9.73. The molecule has 0 aliphatic carbocycles. The molecule has 4 nitrogen and oxygen atoms in total. The van der Waals surface area contributed by atoms with Gasteiger partial charge in [-0.05, 0) is 42.4 Å². The van der Waals surface area contributed by atoms with E-state index in [4.69, 9.17) is 20.8 Å². The molecule has 1 aromatic heterocycles. The van der Waals surface area contributed by atoms with E-state index in [1.807, 2.05) is 6.07 Å². The molecule has 2 aromatic rings. The minimum Gasteiger partial charge on any atom is -0.481 e. The smallest absolute Gasteiger partial charge is 0.213 e. The summed E-state index contributed by atoms with van der Waals surface area (Å²) >= 11 is 6.40. The summed E-state index contributed by atoms with van der Waals surface area (Å²) in [4.78, 5) is 4.58. The van der Waals surface area contributed by atoms with E-state index in [2.05, 4.69) is 44.9 Å². The maximum atomic E-state index is 9.20. The normalized spacial score (nSPS) is 11.9. The van der Waals surface area contributed by atoms with Gasteiger partial charge in [-0.1, -0.05) is 32.4 Å². The van der Waals surface area contributed by atoms with Crippen molar-refractivity contribution < 1.29 is 9.16 Å². The van der Waals surface area contributed by atoms with E-state index in [9.17, 15) is 5.26 Å². The van der Waals surface area contributed by atoms with Gasteiger partial charge in [-0.15, -0.1) is 0 Å². The average Bonchev–Trinajstić information content (AvgIpc) is 2.59. The van der Waals surface area contributed by atoms with Gasteiger partial charge in [0, 0.05) is 22.2 Å². The molecule has 0 aliphatic heterocycles. The summed E-state index contributed by atoms with van der Waals surface area (Å²) < 4.78 is 11.6. The van der Waals surface area contributed by atoms with Crippen molar-refractivity contribution in [1.29, 1.82) is 5.26 Å². The molecule has 0 unspecified atom stereocenters. The Bertz CT molecular complexity index is 839. The minimum atomic E-state index is -1.94. The van der Waals surface area contributed by atoms with E-state index < -0.39 is 8.32 Å². The lowest BCUT2D eigenvalue weighted by atomic mass is 10.0. The Morgan fingerprint density at radius 2 is 1.85 bits per heavy atom. The molecule has 0 aliphatic rings. The highest BCUT2D eigenvalue weighted by Gasteiger charge is 2.37. The van der Waals surface area contributed by atoms with Crippen LogP contribution in [0, 0.1) is 11.3 Å². The molecule has 0 saturated heterocycles. The fourth-order valence-corrected chi connectivity index (χ4v) is 3.37. The highest BCUT2D eigenvalue weighted by molar-refractivity contribution is 6.74. The van der Waals surface area contributed by atoms with Crippen LogP contribution in [0.4, 0.5) is 0 Å². The standard InChI is InChI=1S/C20H25ClN2O2Si/c1-20(2,3)26(5,6)25-13-18-15(8-10-19(23-18)24-4)16-11-14(12-22)7-9-17(16)21/h7-11H,13H2,1-6H3. The first-order valence-electron chi connectivity index (χ1n) is 8.47. The van der Waals surface area contributed by atoms with Crippen LogP contribution in [0.15, 0.2) is 30.3 Å². The second-order valence-corrected chi connectivity index (χ2v) is 12.9. The van der Waals surface area contributed by atoms with Gasteiger partial charge >= 0.3 is 0 Å². The van der Waals surface area contributed by atoms with Crippen LogP contribution in [0.25, 0.3) is 11.1 Å². The van der Waals surface area contributed by atoms with Crippen LogP contribution in [0.2, 0.25) is 23.2 Å². The summed E-state index contributed by atoms with van der Waals surface area (Å²) in [7, 11) is -0.350. The van der Waals surface area contributed by atoms with E-state index in [-0.39, 0.29) is 5.04 Å². The second-order valence-electron chi connectivity index (χ2n) is 7.70. The molecule has 0 spiro atoms. The zero-order valence-corrected chi connectivity index (χ0v) is 17.9. The van der Waals surface area contributed by atoms with Crippen molar-refractivity contribution in [2.45, 2.75) is 45.5 Å². The van der Waals surface area contributed by atoms with E-state index in [1.54, 1.807) is 31.4 Å². The predicted molar refractivity (Wildman–Crippen MR) is 108 cm³/mol. The fraction of sp³-hybridized carbons (Fsp3) is 0.400. The lowest BCUT2D eigenvalue weighted by Crippen LogP contribution is -2.40. The van der Waals surface area contributed by atoms with Crippen LogP contribution in [-0.2, 0) is 11.0 Å². The average molecular weight is 389 g/mol. The van der Waals surface area contributed by atoms with Gasteiger partial charge in [0.25, 0.3) is 0 Å². The zero-order valence-electron chi connectivity index (χ0n) is 16.2. The summed E-state index contributed by atoms with van der Waals surface area (Å²) in [6, 6.07) is 11.1. The van der Waals surface area contributed by atoms with E-state index >= 15 is 0 Å². The van der Waals surface area contributed by atoms with Gasteiger partial charge in [-0.2, -0.15) is 5.26 Å². The molecule has 1 heterocycles. The van der Waals surface area contributed by atoms with Crippen molar-refractivity contribution in [2.24, 2.45) is 0 Å². The fourth-order valence-electron chi connectivity index (χ4n) is 2.22. The van der Waals surface area contributed by atoms with Gasteiger partial charge in [0.15, 0.2) is 8.32 Å². The number of pyridine rings is 1. The number of nitriles is 1. The quantitative estimate of drug-likeness (QED) is 0.607. The zero-order chi connectivity index (χ0) is 19.5. The largest absolute Gasteiger partial charge is 0.481 e. The number of ether oxygens (including phenoxy) is 1. The Hall–Kier alpha value is -1.87. The number of halogens is 1. The first kappa shape index (κ1) is 20.4. The molecule has 0 saturated carbocycles. The van der Waals surface area contributed by atoms with Gasteiger partial charge in [-0.25, -0.2) is 4.98 Å². The van der Waals surface area contributed by atoms with Gasteiger partial charge in [0.1, 0.15) is 0 Å². The Morgan fingerprint density at radius 1 is 1.15 bits per heavy atom. The van der Waals surface area contributed by atoms with Crippen LogP contribution in [0.3, 0.4) is 0 Å². The molecule has 0 radical (unpaired) electrons. The molecule has 0 amide bonds. The third-order valence-electron chi connectivity index (χ3n) is 4.92. The summed E-state index contributed by atoms with van der Waals surface area (Å²) in [5, 5.41) is 9.88. The Balaban J connectivity index is 2.48. The highest BCUT2D eigenvalue weighted by atomic mass is 35.5. The monoisotopic (exact) mass is 388 g/mol. The summed E-state index contributed by atoms with van der Waals surface area (Å²) in [6.45, 7) is 11.4. The predicted octanol–water partition coefficient (Wildman–Crippen LogP) is 5.80. The molecule has 0 atom stereocenters. The van der Waals surface area contributed by atoms with Crippen LogP contribution >= 0.6 is 11.6 Å². The van der Waals surface area contributed by atoms with E-state index in [0.717, 1.165) is 16.8 Å². The van der Waals surface area contributed by atoms with Gasteiger partial charge < -0.3 is 9.16 Å². The number of nitrogens with zero attached hydrogens (tertiary/aromatic N) is 2. The summed E-state index contributed by atoms with van der Waals surface area (Å²) in [5.41, 5.74) is 2.93. The van der Waals surface area contributed by atoms with Crippen molar-refractivity contribution in [3.63, 3.8) is 0 Å². The molecular weight excluding hydrogens is 364 g/mol. The molecule has 6 heteroatoms. The molecule has 0 N–H and O–H groups in total. The van der Waals surface area contributed by atoms with Crippen LogP contribution in [0.5, 0.6) is 5.88 Å². The first-order valence-corrected chi connectivity index (χ1v) is 11.8. The molecule has 138 valence electrons. The third kappa shape index (κ3) is 4.45. The SMILES string of the molecule is COc1ccc(-c2cc(C#N)ccc2Cl)c(CO[Si](C)(C)C(C)(C)C)n1. The first-order chi connectivity index (χ1) is 12.1. The molecule has 2 rings (SSSR count). The Labute approximate surface area is 161 Å². The summed E-state index contributed by atoms with van der Waals surface area (Å²) in [5.74, 6) is 0.523. The number of methoxy groups -OCH3 is 1. The van der Waals surface area contributed by atoms with Crippen LogP contribution in [0.1, 0.15) is 32.0 Å². The molecule has 26 heavy (non-hydrogen) atoms. The number of rotatable bonds is 5. The second kappa shape index (κ2) is 7.79. The molecule has 0 bridgehead atoms. The van der Waals surface area contributed by atoms with Gasteiger partial charge in [0.05, 0.1) is 31.0 Å². The van der Waals surface area contributed by atoms with Crippen molar-refractivity contribution in [3.05, 3.63) is 46.6 Å². The topological polar surface area (TPSA) is 55.1 Å². The molecular formula is C20H25ClN2O2Si.